The van der Waals surface area contributed by atoms with E-state index >= 15 is 0 Å². The largest absolute Gasteiger partial charge is 0.379 e. The van der Waals surface area contributed by atoms with E-state index in [1.54, 1.807) is 0 Å². The van der Waals surface area contributed by atoms with Crippen molar-refractivity contribution in [3.8, 4) is 6.07 Å². The Morgan fingerprint density at radius 1 is 1.20 bits per heavy atom. The molecule has 0 radical (unpaired) electrons. The maximum atomic E-state index is 9.10. The zero-order chi connectivity index (χ0) is 14.5. The maximum Gasteiger partial charge on any atom is 0.0995 e. The zero-order valence-electron chi connectivity index (χ0n) is 11.5. The van der Waals surface area contributed by atoms with E-state index in [0.29, 0.717) is 17.1 Å². The number of nitrogens with one attached hydrogen (secondary N) is 1. The molecule has 20 heavy (non-hydrogen) atoms. The van der Waals surface area contributed by atoms with Crippen molar-refractivity contribution in [3.05, 3.63) is 58.6 Å². The number of anilines is 2. The summed E-state index contributed by atoms with van der Waals surface area (Å²) < 4.78 is 0. The van der Waals surface area contributed by atoms with E-state index in [1.807, 2.05) is 61.5 Å². The Balaban J connectivity index is 2.23. The Hall–Kier alpha value is -2.18. The highest BCUT2D eigenvalue weighted by Gasteiger charge is 2.06. The predicted molar refractivity (Wildman–Crippen MR) is 84.3 cm³/mol. The Morgan fingerprint density at radius 3 is 2.65 bits per heavy atom. The van der Waals surface area contributed by atoms with Gasteiger partial charge >= 0.3 is 0 Å². The van der Waals surface area contributed by atoms with Crippen LogP contribution in [0.15, 0.2) is 42.5 Å². The van der Waals surface area contributed by atoms with E-state index in [-0.39, 0.29) is 0 Å². The molecule has 2 aromatic rings. The second kappa shape index (κ2) is 6.31. The first-order chi connectivity index (χ1) is 9.61. The van der Waals surface area contributed by atoms with Crippen molar-refractivity contribution in [2.24, 2.45) is 0 Å². The highest BCUT2D eigenvalue weighted by Crippen LogP contribution is 2.28. The average Bonchev–Trinajstić information content (AvgIpc) is 2.45. The fraction of sp³-hybridized carbons (Fsp3) is 0.188. The third kappa shape index (κ3) is 3.23. The van der Waals surface area contributed by atoms with Crippen LogP contribution >= 0.6 is 11.6 Å². The van der Waals surface area contributed by atoms with Gasteiger partial charge in [-0.1, -0.05) is 29.8 Å². The molecule has 4 heteroatoms. The molecule has 0 amide bonds. The summed E-state index contributed by atoms with van der Waals surface area (Å²) in [4.78, 5) is 2.02. The molecule has 0 fully saturated rings. The van der Waals surface area contributed by atoms with Gasteiger partial charge in [0.15, 0.2) is 0 Å². The SMILES string of the molecule is CN(C)c1ccc(Cl)cc1NCc1ccccc1C#N. The molecule has 0 spiro atoms. The van der Waals surface area contributed by atoms with E-state index in [0.717, 1.165) is 16.9 Å². The van der Waals surface area contributed by atoms with Crippen molar-refractivity contribution in [1.29, 1.82) is 5.26 Å². The van der Waals surface area contributed by atoms with Gasteiger partial charge < -0.3 is 10.2 Å². The summed E-state index contributed by atoms with van der Waals surface area (Å²) in [6, 6.07) is 15.5. The normalized spacial score (nSPS) is 9.90. The van der Waals surface area contributed by atoms with Gasteiger partial charge in [-0.25, -0.2) is 0 Å². The summed E-state index contributed by atoms with van der Waals surface area (Å²) in [5.41, 5.74) is 3.67. The highest BCUT2D eigenvalue weighted by atomic mass is 35.5. The second-order valence-electron chi connectivity index (χ2n) is 4.68. The van der Waals surface area contributed by atoms with Crippen LogP contribution < -0.4 is 10.2 Å². The van der Waals surface area contributed by atoms with Crippen molar-refractivity contribution in [1.82, 2.24) is 0 Å². The molecule has 102 valence electrons. The quantitative estimate of drug-likeness (QED) is 0.926. The van der Waals surface area contributed by atoms with Crippen LogP contribution in [0.4, 0.5) is 11.4 Å². The molecular formula is C16H16ClN3. The van der Waals surface area contributed by atoms with Gasteiger partial charge in [-0.15, -0.1) is 0 Å². The number of halogens is 1. The maximum absolute atomic E-state index is 9.10. The van der Waals surface area contributed by atoms with Crippen molar-refractivity contribution >= 4 is 23.0 Å². The topological polar surface area (TPSA) is 39.1 Å². The number of hydrogen-bond acceptors (Lipinski definition) is 3. The predicted octanol–water partition coefficient (Wildman–Crippen LogP) is 3.89. The lowest BCUT2D eigenvalue weighted by atomic mass is 10.1. The van der Waals surface area contributed by atoms with Gasteiger partial charge in [-0.3, -0.25) is 0 Å². The third-order valence-corrected chi connectivity index (χ3v) is 3.28. The summed E-state index contributed by atoms with van der Waals surface area (Å²) >= 11 is 6.05. The summed E-state index contributed by atoms with van der Waals surface area (Å²) in [7, 11) is 3.97. The van der Waals surface area contributed by atoms with E-state index in [2.05, 4.69) is 11.4 Å². The third-order valence-electron chi connectivity index (χ3n) is 3.05. The monoisotopic (exact) mass is 285 g/mol. The molecular weight excluding hydrogens is 270 g/mol. The van der Waals surface area contributed by atoms with Gasteiger partial charge in [-0.05, 0) is 29.8 Å². The molecule has 0 aromatic heterocycles. The summed E-state index contributed by atoms with van der Waals surface area (Å²) in [6.07, 6.45) is 0. The lowest BCUT2D eigenvalue weighted by Gasteiger charge is -2.19. The van der Waals surface area contributed by atoms with E-state index < -0.39 is 0 Å². The zero-order valence-corrected chi connectivity index (χ0v) is 12.3. The van der Waals surface area contributed by atoms with Gasteiger partial charge in [0, 0.05) is 25.7 Å². The lowest BCUT2D eigenvalue weighted by molar-refractivity contribution is 1.10. The van der Waals surface area contributed by atoms with Crippen LogP contribution in [0.2, 0.25) is 5.02 Å². The highest BCUT2D eigenvalue weighted by molar-refractivity contribution is 6.31. The first-order valence-electron chi connectivity index (χ1n) is 6.30. The molecule has 0 aliphatic carbocycles. The van der Waals surface area contributed by atoms with Crippen LogP contribution in [-0.4, -0.2) is 14.1 Å². The number of benzene rings is 2. The van der Waals surface area contributed by atoms with Crippen molar-refractivity contribution in [2.45, 2.75) is 6.54 Å². The first-order valence-corrected chi connectivity index (χ1v) is 6.68. The molecule has 1 N–H and O–H groups in total. The van der Waals surface area contributed by atoms with Crippen molar-refractivity contribution in [3.63, 3.8) is 0 Å². The van der Waals surface area contributed by atoms with Crippen LogP contribution in [0.1, 0.15) is 11.1 Å². The molecule has 0 aliphatic rings. The molecule has 3 nitrogen and oxygen atoms in total. The molecule has 0 bridgehead atoms. The van der Waals surface area contributed by atoms with Crippen LogP contribution in [-0.2, 0) is 6.54 Å². The molecule has 2 aromatic carbocycles. The Morgan fingerprint density at radius 2 is 1.95 bits per heavy atom. The smallest absolute Gasteiger partial charge is 0.0995 e. The van der Waals surface area contributed by atoms with Gasteiger partial charge in [0.05, 0.1) is 23.0 Å². The minimum absolute atomic E-state index is 0.588. The molecule has 0 heterocycles. The molecule has 0 saturated carbocycles. The number of nitriles is 1. The van der Waals surface area contributed by atoms with Gasteiger partial charge in [0.1, 0.15) is 0 Å². The molecule has 0 saturated heterocycles. The first kappa shape index (κ1) is 14.2. The fourth-order valence-corrected chi connectivity index (χ4v) is 2.19. The minimum atomic E-state index is 0.588. The molecule has 2 rings (SSSR count). The molecule has 0 atom stereocenters. The second-order valence-corrected chi connectivity index (χ2v) is 5.11. The summed E-state index contributed by atoms with van der Waals surface area (Å²) in [6.45, 7) is 0.588. The van der Waals surface area contributed by atoms with Crippen LogP contribution in [0.3, 0.4) is 0 Å². The molecule has 0 unspecified atom stereocenters. The lowest BCUT2D eigenvalue weighted by Crippen LogP contribution is -2.12. The number of hydrogen-bond donors (Lipinski definition) is 1. The van der Waals surface area contributed by atoms with E-state index in [1.165, 1.54) is 0 Å². The number of rotatable bonds is 4. The summed E-state index contributed by atoms with van der Waals surface area (Å²) in [5.74, 6) is 0. The van der Waals surface area contributed by atoms with Crippen LogP contribution in [0, 0.1) is 11.3 Å². The minimum Gasteiger partial charge on any atom is -0.379 e. The van der Waals surface area contributed by atoms with E-state index in [4.69, 9.17) is 16.9 Å². The van der Waals surface area contributed by atoms with Gasteiger partial charge in [0.2, 0.25) is 0 Å². The van der Waals surface area contributed by atoms with Crippen LogP contribution in [0.25, 0.3) is 0 Å². The molecule has 0 aliphatic heterocycles. The Labute approximate surface area is 124 Å². The van der Waals surface area contributed by atoms with Gasteiger partial charge in [-0.2, -0.15) is 5.26 Å². The Kier molecular flexibility index (Phi) is 4.49. The average molecular weight is 286 g/mol. The fourth-order valence-electron chi connectivity index (χ4n) is 2.01. The van der Waals surface area contributed by atoms with Gasteiger partial charge in [0.25, 0.3) is 0 Å². The standard InChI is InChI=1S/C16H16ClN3/c1-20(2)16-8-7-14(17)9-15(16)19-11-13-6-4-3-5-12(13)10-18/h3-9,19H,11H2,1-2H3. The Bertz CT molecular complexity index is 644. The summed E-state index contributed by atoms with van der Waals surface area (Å²) in [5, 5.41) is 13.1. The van der Waals surface area contributed by atoms with Crippen LogP contribution in [0.5, 0.6) is 0 Å². The van der Waals surface area contributed by atoms with E-state index in [9.17, 15) is 0 Å². The van der Waals surface area contributed by atoms with Crippen molar-refractivity contribution < 1.29 is 0 Å². The van der Waals surface area contributed by atoms with Crippen molar-refractivity contribution in [2.75, 3.05) is 24.3 Å². The number of nitrogens with zero attached hydrogens (tertiary/aromatic N) is 2.